The number of rotatable bonds is 9. The minimum absolute atomic E-state index is 0.0391. The van der Waals surface area contributed by atoms with Crippen LogP contribution in [0.5, 0.6) is 5.75 Å². The van der Waals surface area contributed by atoms with Gasteiger partial charge >= 0.3 is 0 Å². The number of ether oxygens (including phenoxy) is 1. The maximum absolute atomic E-state index is 12.4. The summed E-state index contributed by atoms with van der Waals surface area (Å²) in [4.78, 5) is 27.2. The van der Waals surface area contributed by atoms with Crippen LogP contribution in [0.1, 0.15) is 64.5 Å². The van der Waals surface area contributed by atoms with E-state index in [0.717, 1.165) is 24.3 Å². The van der Waals surface area contributed by atoms with Crippen molar-refractivity contribution in [1.29, 1.82) is 0 Å². The van der Waals surface area contributed by atoms with Crippen molar-refractivity contribution >= 4 is 5.91 Å². The summed E-state index contributed by atoms with van der Waals surface area (Å²) in [6, 6.07) is 7.39. The third kappa shape index (κ3) is 6.40. The van der Waals surface area contributed by atoms with Gasteiger partial charge in [0, 0.05) is 24.9 Å². The second kappa shape index (κ2) is 10.9. The Morgan fingerprint density at radius 3 is 2.60 bits per heavy atom. The molecule has 162 valence electrons. The zero-order valence-corrected chi connectivity index (χ0v) is 17.9. The minimum atomic E-state index is -0.306. The quantitative estimate of drug-likeness (QED) is 0.655. The molecule has 2 N–H and O–H groups in total. The first kappa shape index (κ1) is 22.0. The number of hydrogen-bond donors (Lipinski definition) is 2. The van der Waals surface area contributed by atoms with E-state index in [9.17, 15) is 9.59 Å². The number of aryl methyl sites for hydroxylation is 1. The van der Waals surface area contributed by atoms with Crippen LogP contribution in [-0.4, -0.2) is 33.7 Å². The molecule has 1 aliphatic carbocycles. The molecule has 7 nitrogen and oxygen atoms in total. The topological polar surface area (TPSA) is 97.0 Å². The molecule has 0 saturated heterocycles. The number of aromatic nitrogens is 3. The molecule has 7 heteroatoms. The molecule has 1 heterocycles. The molecule has 1 fully saturated rings. The van der Waals surface area contributed by atoms with Gasteiger partial charge in [0.2, 0.25) is 5.91 Å². The molecule has 0 aliphatic heterocycles. The highest BCUT2D eigenvalue weighted by molar-refractivity contribution is 5.76. The summed E-state index contributed by atoms with van der Waals surface area (Å²) in [5.74, 6) is 1.73. The number of H-pyrrole nitrogens is 1. The number of benzene rings is 1. The van der Waals surface area contributed by atoms with Gasteiger partial charge < -0.3 is 15.0 Å². The van der Waals surface area contributed by atoms with Crippen molar-refractivity contribution in [3.63, 3.8) is 0 Å². The number of nitrogens with zero attached hydrogens (tertiary/aromatic N) is 2. The van der Waals surface area contributed by atoms with Gasteiger partial charge in [0.05, 0.1) is 6.10 Å². The molecule has 3 rings (SSSR count). The number of hydrogen-bond acceptors (Lipinski definition) is 5. The number of carbonyl (C=O) groups is 1. The van der Waals surface area contributed by atoms with Crippen molar-refractivity contribution in [2.24, 2.45) is 5.92 Å². The molecule has 0 bridgehead atoms. The molecule has 1 aliphatic rings. The summed E-state index contributed by atoms with van der Waals surface area (Å²) < 4.78 is 5.76. The van der Waals surface area contributed by atoms with Crippen molar-refractivity contribution in [2.45, 2.75) is 71.3 Å². The van der Waals surface area contributed by atoms with E-state index in [0.29, 0.717) is 11.7 Å². The lowest BCUT2D eigenvalue weighted by molar-refractivity contribution is -0.121. The molecule has 1 aromatic heterocycles. The maximum atomic E-state index is 12.4. The zero-order chi connectivity index (χ0) is 21.3. The SMILES string of the molecule is CC[C@H](C)Oc1ccc(-c2nnc(CCC(=O)NCC3CCCCC3)c(=O)[nH]2)cc1. The zero-order valence-electron chi connectivity index (χ0n) is 17.9. The average Bonchev–Trinajstić information content (AvgIpc) is 2.78. The van der Waals surface area contributed by atoms with Crippen molar-refractivity contribution in [2.75, 3.05) is 6.54 Å². The van der Waals surface area contributed by atoms with Crippen LogP contribution in [0, 0.1) is 5.92 Å². The largest absolute Gasteiger partial charge is 0.491 e. The molecule has 0 spiro atoms. The Hall–Kier alpha value is -2.70. The van der Waals surface area contributed by atoms with Gasteiger partial charge in [0.15, 0.2) is 5.82 Å². The molecule has 2 aromatic rings. The first-order valence-electron chi connectivity index (χ1n) is 11.0. The lowest BCUT2D eigenvalue weighted by atomic mass is 9.89. The van der Waals surface area contributed by atoms with Crippen LogP contribution in [0.15, 0.2) is 29.1 Å². The van der Waals surface area contributed by atoms with Crippen LogP contribution in [0.4, 0.5) is 0 Å². The first-order chi connectivity index (χ1) is 14.5. The van der Waals surface area contributed by atoms with Crippen molar-refractivity contribution in [1.82, 2.24) is 20.5 Å². The first-order valence-corrected chi connectivity index (χ1v) is 11.0. The van der Waals surface area contributed by atoms with E-state index in [2.05, 4.69) is 27.4 Å². The Kier molecular flexibility index (Phi) is 7.99. The van der Waals surface area contributed by atoms with Crippen LogP contribution in [-0.2, 0) is 11.2 Å². The molecule has 30 heavy (non-hydrogen) atoms. The number of carbonyl (C=O) groups excluding carboxylic acids is 1. The predicted molar refractivity (Wildman–Crippen MR) is 116 cm³/mol. The summed E-state index contributed by atoms with van der Waals surface area (Å²) in [6.07, 6.45) is 7.80. The Labute approximate surface area is 177 Å². The summed E-state index contributed by atoms with van der Waals surface area (Å²) >= 11 is 0. The van der Waals surface area contributed by atoms with Crippen LogP contribution < -0.4 is 15.6 Å². The standard InChI is InChI=1S/C23H32N4O3/c1-3-16(2)30-19-11-9-18(10-12-19)22-25-23(29)20(26-27-22)13-14-21(28)24-15-17-7-5-4-6-8-17/h9-12,16-17H,3-8,13-15H2,1-2H3,(H,24,28)(H,25,27,29)/t16-/m0/s1. The van der Waals surface area contributed by atoms with Crippen LogP contribution in [0.2, 0.25) is 0 Å². The highest BCUT2D eigenvalue weighted by Gasteiger charge is 2.15. The second-order valence-electron chi connectivity index (χ2n) is 8.12. The van der Waals surface area contributed by atoms with Crippen molar-refractivity contribution in [3.05, 3.63) is 40.3 Å². The fourth-order valence-electron chi connectivity index (χ4n) is 3.63. The molecule has 1 amide bonds. The van der Waals surface area contributed by atoms with Gasteiger partial charge in [-0.2, -0.15) is 0 Å². The minimum Gasteiger partial charge on any atom is -0.491 e. The summed E-state index contributed by atoms with van der Waals surface area (Å²) in [7, 11) is 0. The van der Waals surface area contributed by atoms with E-state index in [-0.39, 0.29) is 36.1 Å². The Bertz CT molecular complexity index is 873. The van der Waals surface area contributed by atoms with Gasteiger partial charge in [0.1, 0.15) is 11.4 Å². The van der Waals surface area contributed by atoms with E-state index >= 15 is 0 Å². The molecular formula is C23H32N4O3. The summed E-state index contributed by atoms with van der Waals surface area (Å²) in [6.45, 7) is 4.82. The highest BCUT2D eigenvalue weighted by Crippen LogP contribution is 2.23. The van der Waals surface area contributed by atoms with Gasteiger partial charge in [-0.1, -0.05) is 26.2 Å². The van der Waals surface area contributed by atoms with Gasteiger partial charge in [0.25, 0.3) is 5.56 Å². The molecule has 1 atom stereocenters. The normalized spacial score (nSPS) is 15.5. The fourth-order valence-corrected chi connectivity index (χ4v) is 3.63. The maximum Gasteiger partial charge on any atom is 0.273 e. The third-order valence-electron chi connectivity index (χ3n) is 5.71. The monoisotopic (exact) mass is 412 g/mol. The lowest BCUT2D eigenvalue weighted by Gasteiger charge is -2.21. The van der Waals surface area contributed by atoms with E-state index in [1.807, 2.05) is 31.2 Å². The summed E-state index contributed by atoms with van der Waals surface area (Å²) in [5, 5.41) is 11.2. The van der Waals surface area contributed by atoms with Crippen LogP contribution in [0.25, 0.3) is 11.4 Å². The lowest BCUT2D eigenvalue weighted by Crippen LogP contribution is -2.31. The molecule has 1 aromatic carbocycles. The fraction of sp³-hybridized carbons (Fsp3) is 0.565. The molecule has 0 unspecified atom stereocenters. The number of nitrogens with one attached hydrogen (secondary N) is 2. The van der Waals surface area contributed by atoms with Crippen LogP contribution in [0.3, 0.4) is 0 Å². The second-order valence-corrected chi connectivity index (χ2v) is 8.12. The van der Waals surface area contributed by atoms with Gasteiger partial charge in [-0.15, -0.1) is 10.2 Å². The van der Waals surface area contributed by atoms with E-state index in [1.165, 1.54) is 32.1 Å². The Balaban J connectivity index is 1.52. The Morgan fingerprint density at radius 2 is 1.93 bits per heavy atom. The smallest absolute Gasteiger partial charge is 0.273 e. The molecular weight excluding hydrogens is 380 g/mol. The molecule has 0 radical (unpaired) electrons. The van der Waals surface area contributed by atoms with Crippen molar-refractivity contribution < 1.29 is 9.53 Å². The molecule has 1 saturated carbocycles. The van der Waals surface area contributed by atoms with Crippen molar-refractivity contribution in [3.8, 4) is 17.1 Å². The summed E-state index contributed by atoms with van der Waals surface area (Å²) in [5.41, 5.74) is 0.733. The predicted octanol–water partition coefficient (Wildman–Crippen LogP) is 3.64. The number of amides is 1. The average molecular weight is 413 g/mol. The number of aromatic amines is 1. The Morgan fingerprint density at radius 1 is 1.20 bits per heavy atom. The van der Waals surface area contributed by atoms with Gasteiger partial charge in [-0.05, 0) is 56.4 Å². The van der Waals surface area contributed by atoms with Gasteiger partial charge in [-0.3, -0.25) is 9.59 Å². The van der Waals surface area contributed by atoms with E-state index in [1.54, 1.807) is 0 Å². The van der Waals surface area contributed by atoms with Crippen LogP contribution >= 0.6 is 0 Å². The highest BCUT2D eigenvalue weighted by atomic mass is 16.5. The van der Waals surface area contributed by atoms with E-state index in [4.69, 9.17) is 4.74 Å². The van der Waals surface area contributed by atoms with Gasteiger partial charge in [-0.25, -0.2) is 0 Å². The third-order valence-corrected chi connectivity index (χ3v) is 5.71. The van der Waals surface area contributed by atoms with E-state index < -0.39 is 0 Å².